The number of hydrogen-bond donors (Lipinski definition) is 5. The van der Waals surface area contributed by atoms with E-state index in [0.29, 0.717) is 30.8 Å². The van der Waals surface area contributed by atoms with E-state index in [1.165, 1.54) is 10.9 Å². The molecule has 4 atom stereocenters. The van der Waals surface area contributed by atoms with Crippen LogP contribution in [0.25, 0.3) is 11.2 Å². The van der Waals surface area contributed by atoms with E-state index in [2.05, 4.69) is 54.8 Å². The number of aliphatic hydroxyl groups is 3. The normalized spacial score (nSPS) is 19.8. The van der Waals surface area contributed by atoms with Gasteiger partial charge in [0.1, 0.15) is 18.3 Å². The third-order valence-corrected chi connectivity index (χ3v) is 7.69. The summed E-state index contributed by atoms with van der Waals surface area (Å²) in [6, 6.07) is 25.7. The summed E-state index contributed by atoms with van der Waals surface area (Å²) in [5.74, 6) is -0.319. The number of imidazole rings is 1. The van der Waals surface area contributed by atoms with Gasteiger partial charge >= 0.3 is 0 Å². The van der Waals surface area contributed by atoms with Gasteiger partial charge in [0.2, 0.25) is 5.82 Å². The Morgan fingerprint density at radius 1 is 0.909 bits per heavy atom. The second-order valence-corrected chi connectivity index (χ2v) is 10.5. The molecule has 1 aliphatic rings. The van der Waals surface area contributed by atoms with Crippen LogP contribution in [0.2, 0.25) is 0 Å². The summed E-state index contributed by atoms with van der Waals surface area (Å²) in [5, 5.41) is 36.9. The van der Waals surface area contributed by atoms with E-state index in [-0.39, 0.29) is 17.4 Å². The van der Waals surface area contributed by atoms with Crippen molar-refractivity contribution in [3.63, 3.8) is 0 Å². The molecule has 5 aromatic rings. The summed E-state index contributed by atoms with van der Waals surface area (Å²) in [6.07, 6.45) is -1.10. The lowest BCUT2D eigenvalue weighted by atomic mass is 9.91. The second-order valence-electron chi connectivity index (χ2n) is 10.5. The van der Waals surface area contributed by atoms with Crippen LogP contribution in [-0.4, -0.2) is 83.7 Å². The van der Waals surface area contributed by atoms with Crippen molar-refractivity contribution in [2.24, 2.45) is 0 Å². The third-order valence-electron chi connectivity index (χ3n) is 7.69. The lowest BCUT2D eigenvalue weighted by molar-refractivity contribution is -0.0511. The maximum atomic E-state index is 13.3. The first-order valence-electron chi connectivity index (χ1n) is 14.4. The van der Waals surface area contributed by atoms with Gasteiger partial charge in [0.05, 0.1) is 12.9 Å². The van der Waals surface area contributed by atoms with Crippen LogP contribution in [0.4, 0.5) is 5.82 Å². The molecule has 226 valence electrons. The summed E-state index contributed by atoms with van der Waals surface area (Å²) in [6.45, 7) is 0.271. The molecule has 1 fully saturated rings. The van der Waals surface area contributed by atoms with Crippen molar-refractivity contribution < 1.29 is 24.9 Å². The molecule has 1 amide bonds. The minimum atomic E-state index is -1.35. The largest absolute Gasteiger partial charge is 0.394 e. The number of anilines is 1. The van der Waals surface area contributed by atoms with Crippen LogP contribution >= 0.6 is 0 Å². The van der Waals surface area contributed by atoms with Gasteiger partial charge in [-0.25, -0.2) is 15.0 Å². The van der Waals surface area contributed by atoms with Gasteiger partial charge in [-0.1, -0.05) is 66.7 Å². The Morgan fingerprint density at radius 3 is 2.25 bits per heavy atom. The minimum Gasteiger partial charge on any atom is -0.394 e. The van der Waals surface area contributed by atoms with Crippen LogP contribution in [0.5, 0.6) is 0 Å². The first-order chi connectivity index (χ1) is 21.5. The SMILES string of the molecule is O=C(NCCc1ccccn1)c1nc(NCC(c2ccccc2)c2ccccc2)c2ncn([C@@H]3O[C@H](CO)[C@@H](O)[C@@H]3O)c2n1. The summed E-state index contributed by atoms with van der Waals surface area (Å²) in [7, 11) is 0. The average Bonchev–Trinajstić information content (AvgIpc) is 3.62. The molecule has 1 saturated heterocycles. The van der Waals surface area contributed by atoms with E-state index in [1.54, 1.807) is 6.20 Å². The number of fused-ring (bicyclic) bond motifs is 1. The fourth-order valence-corrected chi connectivity index (χ4v) is 5.36. The summed E-state index contributed by atoms with van der Waals surface area (Å²) in [4.78, 5) is 31.2. The second kappa shape index (κ2) is 13.3. The lowest BCUT2D eigenvalue weighted by Gasteiger charge is -2.20. The number of rotatable bonds is 11. The van der Waals surface area contributed by atoms with Gasteiger partial charge in [-0.05, 0) is 23.3 Å². The number of hydrogen-bond acceptors (Lipinski definition) is 10. The Morgan fingerprint density at radius 2 is 1.61 bits per heavy atom. The van der Waals surface area contributed by atoms with E-state index in [9.17, 15) is 20.1 Å². The Kier molecular flexibility index (Phi) is 8.84. The number of carbonyl (C=O) groups is 1. The number of amides is 1. The maximum Gasteiger partial charge on any atom is 0.289 e. The number of aromatic nitrogens is 5. The first kappa shape index (κ1) is 29.3. The smallest absolute Gasteiger partial charge is 0.289 e. The average molecular weight is 596 g/mol. The quantitative estimate of drug-likeness (QED) is 0.152. The predicted molar refractivity (Wildman–Crippen MR) is 162 cm³/mol. The van der Waals surface area contributed by atoms with Gasteiger partial charge in [0.25, 0.3) is 5.91 Å². The molecule has 1 aliphatic heterocycles. The molecule has 0 aliphatic carbocycles. The zero-order valence-corrected chi connectivity index (χ0v) is 23.8. The topological polar surface area (TPSA) is 168 Å². The molecule has 0 saturated carbocycles. The molecule has 44 heavy (non-hydrogen) atoms. The number of aliphatic hydroxyl groups excluding tert-OH is 3. The van der Waals surface area contributed by atoms with Crippen LogP contribution in [0.3, 0.4) is 0 Å². The Hall–Kier alpha value is -4.75. The van der Waals surface area contributed by atoms with E-state index < -0.39 is 37.1 Å². The minimum absolute atomic E-state index is 0.0411. The van der Waals surface area contributed by atoms with Gasteiger partial charge in [-0.2, -0.15) is 0 Å². The van der Waals surface area contributed by atoms with E-state index in [0.717, 1.165) is 16.8 Å². The van der Waals surface area contributed by atoms with Crippen molar-refractivity contribution in [1.82, 2.24) is 29.8 Å². The Labute approximate surface area is 253 Å². The molecular formula is C32H33N7O5. The highest BCUT2D eigenvalue weighted by atomic mass is 16.6. The Balaban J connectivity index is 1.33. The van der Waals surface area contributed by atoms with Crippen LogP contribution in [-0.2, 0) is 11.2 Å². The van der Waals surface area contributed by atoms with Gasteiger partial charge < -0.3 is 30.7 Å². The first-order valence-corrected chi connectivity index (χ1v) is 14.4. The molecule has 0 radical (unpaired) electrons. The molecule has 6 rings (SSSR count). The zero-order chi connectivity index (χ0) is 30.5. The van der Waals surface area contributed by atoms with Crippen molar-refractivity contribution in [3.8, 4) is 0 Å². The van der Waals surface area contributed by atoms with Crippen molar-refractivity contribution in [2.75, 3.05) is 25.0 Å². The monoisotopic (exact) mass is 595 g/mol. The molecule has 0 spiro atoms. The molecule has 0 unspecified atom stereocenters. The number of benzene rings is 2. The molecule has 12 heteroatoms. The summed E-state index contributed by atoms with van der Waals surface area (Å²) >= 11 is 0. The zero-order valence-electron chi connectivity index (χ0n) is 23.8. The molecule has 4 heterocycles. The van der Waals surface area contributed by atoms with Crippen LogP contribution < -0.4 is 10.6 Å². The highest BCUT2D eigenvalue weighted by molar-refractivity contribution is 5.94. The fourth-order valence-electron chi connectivity index (χ4n) is 5.36. The molecular weight excluding hydrogens is 562 g/mol. The standard InChI is InChI=1S/C32H33N7O5/c40-18-24-26(41)27(42)32(44-24)39-19-36-25-28(35-17-23(20-9-3-1-4-10-20)21-11-5-2-6-12-21)37-29(38-30(25)39)31(43)34-16-14-22-13-7-8-15-33-22/h1-13,15,19,23-24,26-27,32,40-42H,14,16-18H2,(H,34,43)(H,35,37,38)/t24-,26-,27+,32-/m1/s1. The van der Waals surface area contributed by atoms with E-state index in [4.69, 9.17) is 4.74 Å². The maximum absolute atomic E-state index is 13.3. The summed E-state index contributed by atoms with van der Waals surface area (Å²) in [5.41, 5.74) is 3.61. The van der Waals surface area contributed by atoms with E-state index >= 15 is 0 Å². The number of pyridine rings is 1. The highest BCUT2D eigenvalue weighted by Gasteiger charge is 2.44. The van der Waals surface area contributed by atoms with Crippen molar-refractivity contribution in [1.29, 1.82) is 0 Å². The number of carbonyl (C=O) groups excluding carboxylic acids is 1. The fraction of sp³-hybridized carbons (Fsp3) is 0.281. The third kappa shape index (κ3) is 6.15. The summed E-state index contributed by atoms with van der Waals surface area (Å²) < 4.78 is 7.19. The van der Waals surface area contributed by atoms with Crippen molar-refractivity contribution >= 4 is 22.9 Å². The van der Waals surface area contributed by atoms with Gasteiger partial charge in [0, 0.05) is 37.3 Å². The van der Waals surface area contributed by atoms with E-state index in [1.807, 2.05) is 54.6 Å². The van der Waals surface area contributed by atoms with Crippen molar-refractivity contribution in [3.05, 3.63) is 114 Å². The lowest BCUT2D eigenvalue weighted by Crippen LogP contribution is -2.33. The van der Waals surface area contributed by atoms with Crippen LogP contribution in [0.1, 0.15) is 39.6 Å². The number of nitrogens with one attached hydrogen (secondary N) is 2. The van der Waals surface area contributed by atoms with Gasteiger partial charge in [-0.15, -0.1) is 0 Å². The van der Waals surface area contributed by atoms with Gasteiger partial charge in [0.15, 0.2) is 23.2 Å². The molecule has 12 nitrogen and oxygen atoms in total. The molecule has 3 aromatic heterocycles. The predicted octanol–water partition coefficient (Wildman–Crippen LogP) is 2.05. The number of nitrogens with zero attached hydrogens (tertiary/aromatic N) is 5. The Bertz CT molecular complexity index is 1650. The van der Waals surface area contributed by atoms with Crippen LogP contribution in [0, 0.1) is 0 Å². The number of ether oxygens (including phenoxy) is 1. The molecule has 5 N–H and O–H groups in total. The van der Waals surface area contributed by atoms with Crippen molar-refractivity contribution in [2.45, 2.75) is 36.9 Å². The van der Waals surface area contributed by atoms with Gasteiger partial charge in [-0.3, -0.25) is 14.3 Å². The molecule has 0 bridgehead atoms. The highest BCUT2D eigenvalue weighted by Crippen LogP contribution is 2.33. The molecule has 2 aromatic carbocycles. The van der Waals surface area contributed by atoms with Crippen LogP contribution in [0.15, 0.2) is 91.4 Å².